The lowest BCUT2D eigenvalue weighted by Gasteiger charge is -2.18. The number of para-hydroxylation sites is 2. The van der Waals surface area contributed by atoms with Crippen molar-refractivity contribution in [2.45, 2.75) is 24.3 Å². The lowest BCUT2D eigenvalue weighted by molar-refractivity contribution is -0.120. The number of halogens is 1. The lowest BCUT2D eigenvalue weighted by atomic mass is 10.1. The van der Waals surface area contributed by atoms with E-state index in [4.69, 9.17) is 32.0 Å². The summed E-state index contributed by atoms with van der Waals surface area (Å²) >= 11 is 7.74. The number of nitrogens with one attached hydrogen (secondary N) is 3. The fourth-order valence-electron chi connectivity index (χ4n) is 3.05. The number of nitrogens with zero attached hydrogens (tertiary/aromatic N) is 2. The van der Waals surface area contributed by atoms with Gasteiger partial charge in [0.2, 0.25) is 5.91 Å². The van der Waals surface area contributed by atoms with Crippen molar-refractivity contribution >= 4 is 63.5 Å². The molecule has 4 rings (SSSR count). The number of rotatable bonds is 8. The number of amides is 1. The predicted molar refractivity (Wildman–Crippen MR) is 155 cm³/mol. The fourth-order valence-corrected chi connectivity index (χ4v) is 3.90. The molecular formula is C27H29ClN6O2S. The molecule has 0 saturated heterocycles. The second-order valence-electron chi connectivity index (χ2n) is 8.29. The van der Waals surface area contributed by atoms with Crippen LogP contribution < -0.4 is 25.8 Å². The van der Waals surface area contributed by atoms with Crippen LogP contribution >= 0.6 is 23.5 Å². The molecule has 1 heterocycles. The van der Waals surface area contributed by atoms with Gasteiger partial charge in [0.05, 0.1) is 34.4 Å². The van der Waals surface area contributed by atoms with Crippen molar-refractivity contribution in [3.63, 3.8) is 0 Å². The Morgan fingerprint density at radius 3 is 2.32 bits per heavy atom. The molecule has 0 saturated carbocycles. The van der Waals surface area contributed by atoms with E-state index in [1.54, 1.807) is 45.2 Å². The summed E-state index contributed by atoms with van der Waals surface area (Å²) in [6.45, 7) is 9.31. The van der Waals surface area contributed by atoms with Crippen molar-refractivity contribution in [3.8, 4) is 5.75 Å². The molecule has 0 aliphatic carbocycles. The minimum Gasteiger partial charge on any atom is -0.497 e. The molecule has 0 unspecified atom stereocenters. The van der Waals surface area contributed by atoms with Crippen LogP contribution in [0.5, 0.6) is 5.75 Å². The second-order valence-corrected chi connectivity index (χ2v) is 9.57. The molecule has 1 amide bonds. The van der Waals surface area contributed by atoms with Crippen LogP contribution in [0.15, 0.2) is 84.8 Å². The lowest BCUT2D eigenvalue weighted by Crippen LogP contribution is -2.45. The van der Waals surface area contributed by atoms with Crippen LogP contribution in [0.4, 0.5) is 23.0 Å². The van der Waals surface area contributed by atoms with Gasteiger partial charge in [0, 0.05) is 16.6 Å². The Bertz CT molecular complexity index is 1390. The number of methoxy groups -OCH3 is 1. The zero-order chi connectivity index (χ0) is 27.0. The van der Waals surface area contributed by atoms with Gasteiger partial charge in [0.25, 0.3) is 0 Å². The van der Waals surface area contributed by atoms with E-state index < -0.39 is 5.54 Å². The van der Waals surface area contributed by atoms with E-state index in [-0.39, 0.29) is 5.91 Å². The number of fused-ring (bicyclic) bond motifs is 1. The van der Waals surface area contributed by atoms with Gasteiger partial charge in [-0.25, -0.2) is 9.97 Å². The number of anilines is 4. The van der Waals surface area contributed by atoms with Gasteiger partial charge in [0.1, 0.15) is 5.75 Å². The highest BCUT2D eigenvalue weighted by molar-refractivity contribution is 8.00. The zero-order valence-electron chi connectivity index (χ0n) is 20.8. The molecule has 4 aromatic rings. The topological polar surface area (TPSA) is 114 Å². The smallest absolute Gasteiger partial charge is 0.243 e. The van der Waals surface area contributed by atoms with Gasteiger partial charge in [0.15, 0.2) is 11.6 Å². The van der Waals surface area contributed by atoms with Crippen LogP contribution in [0.25, 0.3) is 11.0 Å². The van der Waals surface area contributed by atoms with E-state index in [2.05, 4.69) is 28.5 Å². The molecule has 5 N–H and O–H groups in total. The molecule has 192 valence electrons. The van der Waals surface area contributed by atoms with Crippen molar-refractivity contribution < 1.29 is 9.53 Å². The van der Waals surface area contributed by atoms with Crippen molar-refractivity contribution in [2.75, 3.05) is 22.5 Å². The van der Waals surface area contributed by atoms with Crippen molar-refractivity contribution in [3.05, 3.63) is 84.9 Å². The molecule has 3 aromatic carbocycles. The maximum absolute atomic E-state index is 12.2. The van der Waals surface area contributed by atoms with Crippen LogP contribution in [0.3, 0.4) is 0 Å². The average Bonchev–Trinajstić information content (AvgIpc) is 2.89. The SMILES string of the molecule is C=C.COc1ccc(Cl)c(Nc2nc3ccccc3nc2NSc2cccc(NC(=O)C(C)(C)N)c2)c1. The van der Waals surface area contributed by atoms with E-state index in [0.717, 1.165) is 15.9 Å². The van der Waals surface area contributed by atoms with Gasteiger partial charge in [-0.3, -0.25) is 4.79 Å². The standard InChI is InChI=1S/C25H25ClN6O2S.C2H4/c1-25(2,27)24(33)28-15-7-6-8-17(13-15)35-32-23-22(29-19-9-4-5-10-20(19)30-23)31-21-14-16(34-3)11-12-18(21)26;1-2/h4-14H,27H2,1-3H3,(H,28,33)(H,29,31)(H,30,32);1-2H2. The molecule has 10 heteroatoms. The normalized spacial score (nSPS) is 10.7. The monoisotopic (exact) mass is 536 g/mol. The summed E-state index contributed by atoms with van der Waals surface area (Å²) in [4.78, 5) is 22.6. The van der Waals surface area contributed by atoms with Gasteiger partial charge < -0.3 is 25.8 Å². The van der Waals surface area contributed by atoms with Crippen LogP contribution in [-0.2, 0) is 4.79 Å². The second kappa shape index (κ2) is 12.4. The molecule has 0 fully saturated rings. The number of hydrogen-bond acceptors (Lipinski definition) is 8. The first-order chi connectivity index (χ1) is 17.7. The van der Waals surface area contributed by atoms with Gasteiger partial charge >= 0.3 is 0 Å². The number of ether oxygens (including phenoxy) is 1. The third-order valence-corrected chi connectivity index (χ3v) is 6.05. The van der Waals surface area contributed by atoms with Crippen LogP contribution in [-0.4, -0.2) is 28.5 Å². The molecule has 37 heavy (non-hydrogen) atoms. The molecule has 8 nitrogen and oxygen atoms in total. The predicted octanol–water partition coefficient (Wildman–Crippen LogP) is 6.63. The van der Waals surface area contributed by atoms with E-state index in [1.165, 1.54) is 11.9 Å². The van der Waals surface area contributed by atoms with Gasteiger partial charge in [-0.15, -0.1) is 13.2 Å². The Hall–Kier alpha value is -3.79. The van der Waals surface area contributed by atoms with Gasteiger partial charge in [-0.05, 0) is 68.3 Å². The summed E-state index contributed by atoms with van der Waals surface area (Å²) in [5.41, 5.74) is 7.66. The summed E-state index contributed by atoms with van der Waals surface area (Å²) < 4.78 is 8.59. The van der Waals surface area contributed by atoms with Crippen molar-refractivity contribution in [1.82, 2.24) is 9.97 Å². The number of carbonyl (C=O) groups excluding carboxylic acids is 1. The van der Waals surface area contributed by atoms with Crippen molar-refractivity contribution in [1.29, 1.82) is 0 Å². The Balaban J connectivity index is 0.00000186. The van der Waals surface area contributed by atoms with Gasteiger partial charge in [-0.2, -0.15) is 0 Å². The highest BCUT2D eigenvalue weighted by Gasteiger charge is 2.21. The third-order valence-electron chi connectivity index (χ3n) is 4.94. The molecule has 0 aliphatic rings. The third kappa shape index (κ3) is 7.36. The summed E-state index contributed by atoms with van der Waals surface area (Å²) in [5.74, 6) is 1.41. The van der Waals surface area contributed by atoms with Crippen molar-refractivity contribution in [2.24, 2.45) is 5.73 Å². The van der Waals surface area contributed by atoms with E-state index in [0.29, 0.717) is 33.8 Å². The molecule has 0 bridgehead atoms. The highest BCUT2D eigenvalue weighted by atomic mass is 35.5. The molecule has 0 spiro atoms. The minimum atomic E-state index is -0.982. The molecule has 0 atom stereocenters. The highest BCUT2D eigenvalue weighted by Crippen LogP contribution is 2.33. The molecule has 0 aliphatic heterocycles. The van der Waals surface area contributed by atoms with Crippen LogP contribution in [0.1, 0.15) is 13.8 Å². The summed E-state index contributed by atoms with van der Waals surface area (Å²) in [5, 5.41) is 6.62. The number of nitrogens with two attached hydrogens (primary N) is 1. The van der Waals surface area contributed by atoms with E-state index in [1.807, 2.05) is 42.5 Å². The average molecular weight is 537 g/mol. The van der Waals surface area contributed by atoms with Crippen LogP contribution in [0, 0.1) is 0 Å². The Morgan fingerprint density at radius 2 is 1.68 bits per heavy atom. The molecular weight excluding hydrogens is 508 g/mol. The first-order valence-corrected chi connectivity index (χ1v) is 12.4. The summed E-state index contributed by atoms with van der Waals surface area (Å²) in [6.07, 6.45) is 0. The maximum atomic E-state index is 12.2. The first-order valence-electron chi connectivity index (χ1n) is 11.2. The Labute approximate surface area is 225 Å². The number of aromatic nitrogens is 2. The number of hydrogen-bond donors (Lipinski definition) is 4. The quantitative estimate of drug-likeness (QED) is 0.146. The fraction of sp³-hybridized carbons (Fsp3) is 0.148. The largest absolute Gasteiger partial charge is 0.497 e. The number of benzene rings is 3. The summed E-state index contributed by atoms with van der Waals surface area (Å²) in [6, 6.07) is 20.4. The zero-order valence-corrected chi connectivity index (χ0v) is 22.4. The van der Waals surface area contributed by atoms with Crippen LogP contribution in [0.2, 0.25) is 5.02 Å². The molecule has 1 aromatic heterocycles. The van der Waals surface area contributed by atoms with E-state index >= 15 is 0 Å². The Morgan fingerprint density at radius 1 is 1.00 bits per heavy atom. The maximum Gasteiger partial charge on any atom is 0.243 e. The minimum absolute atomic E-state index is 0.269. The number of carbonyl (C=O) groups is 1. The molecule has 0 radical (unpaired) electrons. The van der Waals surface area contributed by atoms with Gasteiger partial charge in [-0.1, -0.05) is 29.8 Å². The van der Waals surface area contributed by atoms with E-state index in [9.17, 15) is 4.79 Å². The Kier molecular flexibility index (Phi) is 9.35. The first kappa shape index (κ1) is 27.8. The summed E-state index contributed by atoms with van der Waals surface area (Å²) in [7, 11) is 1.59.